The van der Waals surface area contributed by atoms with Gasteiger partial charge in [0.2, 0.25) is 5.91 Å². The fourth-order valence-electron chi connectivity index (χ4n) is 1.44. The number of ether oxygens (including phenoxy) is 1. The average Bonchev–Trinajstić information content (AvgIpc) is 2.28. The summed E-state index contributed by atoms with van der Waals surface area (Å²) in [6.45, 7) is 0.661. The molecule has 0 aliphatic heterocycles. The highest BCUT2D eigenvalue weighted by Crippen LogP contribution is 2.14. The quantitative estimate of drug-likeness (QED) is 0.748. The van der Waals surface area contributed by atoms with Gasteiger partial charge in [0.15, 0.2) is 0 Å². The molecule has 0 bridgehead atoms. The van der Waals surface area contributed by atoms with Gasteiger partial charge in [-0.05, 0) is 31.3 Å². The molecule has 5 nitrogen and oxygen atoms in total. The molecule has 0 spiro atoms. The minimum absolute atomic E-state index is 0.112. The normalized spacial score (nSPS) is 10.2. The minimum atomic E-state index is -0.112. The third-order valence-electron chi connectivity index (χ3n) is 2.21. The molecule has 0 aliphatic rings. The van der Waals surface area contributed by atoms with Gasteiger partial charge >= 0.3 is 0 Å². The van der Waals surface area contributed by atoms with Crippen LogP contribution in [-0.4, -0.2) is 43.0 Å². The number of carbonyl (C=O) groups excluding carboxylic acids is 1. The first-order valence-corrected chi connectivity index (χ1v) is 5.83. The Balaban J connectivity index is 2.46. The maximum Gasteiger partial charge on any atom is 0.238 e. The highest BCUT2D eigenvalue weighted by molar-refractivity contribution is 7.80. The lowest BCUT2D eigenvalue weighted by Gasteiger charge is -2.15. The first kappa shape index (κ1) is 14.4. The summed E-state index contributed by atoms with van der Waals surface area (Å²) in [5.74, 6) is 0.637. The summed E-state index contributed by atoms with van der Waals surface area (Å²) in [6, 6.07) is 7.14. The van der Waals surface area contributed by atoms with Crippen molar-refractivity contribution < 1.29 is 9.53 Å². The molecule has 1 rings (SSSR count). The van der Waals surface area contributed by atoms with Crippen molar-refractivity contribution in [1.29, 1.82) is 0 Å². The predicted octanol–water partition coefficient (Wildman–Crippen LogP) is 0.852. The van der Waals surface area contributed by atoms with Gasteiger partial charge in [0, 0.05) is 12.2 Å². The third-order valence-corrected chi connectivity index (χ3v) is 2.34. The SMILES string of the molecule is COc1ccc(NC(=O)CN(C)CC(N)=S)cc1. The number of carbonyl (C=O) groups is 1. The summed E-state index contributed by atoms with van der Waals surface area (Å²) in [5, 5.41) is 2.78. The Labute approximate surface area is 112 Å². The van der Waals surface area contributed by atoms with Gasteiger partial charge in [-0.3, -0.25) is 9.69 Å². The van der Waals surface area contributed by atoms with Crippen LogP contribution in [0.2, 0.25) is 0 Å². The van der Waals surface area contributed by atoms with Gasteiger partial charge < -0.3 is 15.8 Å². The largest absolute Gasteiger partial charge is 0.497 e. The Morgan fingerprint density at radius 1 is 1.39 bits per heavy atom. The van der Waals surface area contributed by atoms with E-state index in [1.807, 2.05) is 0 Å². The third kappa shape index (κ3) is 5.11. The lowest BCUT2D eigenvalue weighted by Crippen LogP contribution is -2.35. The van der Waals surface area contributed by atoms with Crippen molar-refractivity contribution in [3.8, 4) is 5.75 Å². The van der Waals surface area contributed by atoms with Gasteiger partial charge in [-0.15, -0.1) is 0 Å². The molecule has 0 saturated heterocycles. The standard InChI is InChI=1S/C12H17N3O2S/c1-15(7-11(13)18)8-12(16)14-9-3-5-10(17-2)6-4-9/h3-6H,7-8H2,1-2H3,(H2,13,18)(H,14,16). The highest BCUT2D eigenvalue weighted by atomic mass is 32.1. The molecule has 0 heterocycles. The summed E-state index contributed by atoms with van der Waals surface area (Å²) in [7, 11) is 3.38. The van der Waals surface area contributed by atoms with Crippen LogP contribution in [0.15, 0.2) is 24.3 Å². The topological polar surface area (TPSA) is 67.6 Å². The maximum absolute atomic E-state index is 11.7. The van der Waals surface area contributed by atoms with Crippen molar-refractivity contribution in [2.24, 2.45) is 5.73 Å². The maximum atomic E-state index is 11.7. The number of anilines is 1. The molecule has 1 aromatic carbocycles. The number of amides is 1. The number of rotatable bonds is 6. The fraction of sp³-hybridized carbons (Fsp3) is 0.333. The zero-order valence-electron chi connectivity index (χ0n) is 10.5. The van der Waals surface area contributed by atoms with Crippen molar-refractivity contribution in [3.63, 3.8) is 0 Å². The monoisotopic (exact) mass is 267 g/mol. The van der Waals surface area contributed by atoms with E-state index >= 15 is 0 Å². The first-order valence-electron chi connectivity index (χ1n) is 5.42. The van der Waals surface area contributed by atoms with Crippen LogP contribution in [0, 0.1) is 0 Å². The number of hydrogen-bond acceptors (Lipinski definition) is 4. The summed E-state index contributed by atoms with van der Waals surface area (Å²) in [5.41, 5.74) is 6.12. The van der Waals surface area contributed by atoms with Gasteiger partial charge in [0.1, 0.15) is 5.75 Å². The predicted molar refractivity (Wildman–Crippen MR) is 75.9 cm³/mol. The van der Waals surface area contributed by atoms with Gasteiger partial charge in [-0.25, -0.2) is 0 Å². The Kier molecular flexibility index (Phi) is 5.54. The van der Waals surface area contributed by atoms with Crippen molar-refractivity contribution in [2.45, 2.75) is 0 Å². The Hall–Kier alpha value is -1.66. The summed E-state index contributed by atoms with van der Waals surface area (Å²) >= 11 is 4.77. The van der Waals surface area contributed by atoms with E-state index in [1.54, 1.807) is 43.3 Å². The molecule has 0 saturated carbocycles. The molecule has 0 aromatic heterocycles. The second-order valence-electron chi connectivity index (χ2n) is 3.92. The van der Waals surface area contributed by atoms with Crippen LogP contribution < -0.4 is 15.8 Å². The molecule has 0 fully saturated rings. The lowest BCUT2D eigenvalue weighted by atomic mass is 10.3. The molecule has 3 N–H and O–H groups in total. The summed E-state index contributed by atoms with van der Waals surface area (Å²) in [6.07, 6.45) is 0. The van der Waals surface area contributed by atoms with Crippen LogP contribution in [0.25, 0.3) is 0 Å². The molecule has 0 unspecified atom stereocenters. The average molecular weight is 267 g/mol. The smallest absolute Gasteiger partial charge is 0.238 e. The molecule has 98 valence electrons. The van der Waals surface area contributed by atoms with Crippen molar-refractivity contribution >= 4 is 28.8 Å². The Morgan fingerprint density at radius 2 is 2.00 bits per heavy atom. The van der Waals surface area contributed by atoms with E-state index in [0.717, 1.165) is 11.4 Å². The van der Waals surface area contributed by atoms with E-state index < -0.39 is 0 Å². The van der Waals surface area contributed by atoms with Crippen LogP contribution in [0.1, 0.15) is 0 Å². The van der Waals surface area contributed by atoms with Crippen molar-refractivity contribution in [1.82, 2.24) is 4.90 Å². The van der Waals surface area contributed by atoms with E-state index in [-0.39, 0.29) is 12.5 Å². The molecular weight excluding hydrogens is 250 g/mol. The van der Waals surface area contributed by atoms with Gasteiger partial charge in [-0.1, -0.05) is 12.2 Å². The molecule has 1 amide bonds. The number of hydrogen-bond donors (Lipinski definition) is 2. The van der Waals surface area contributed by atoms with E-state index in [4.69, 9.17) is 22.7 Å². The summed E-state index contributed by atoms with van der Waals surface area (Å²) < 4.78 is 5.03. The molecular formula is C12H17N3O2S. The number of benzene rings is 1. The second-order valence-corrected chi connectivity index (χ2v) is 4.44. The number of nitrogens with one attached hydrogen (secondary N) is 1. The first-order chi connectivity index (χ1) is 8.51. The number of nitrogens with two attached hydrogens (primary N) is 1. The van der Waals surface area contributed by atoms with Crippen LogP contribution in [0.3, 0.4) is 0 Å². The Bertz CT molecular complexity index is 420. The summed E-state index contributed by atoms with van der Waals surface area (Å²) in [4.78, 5) is 13.8. The zero-order valence-corrected chi connectivity index (χ0v) is 11.3. The van der Waals surface area contributed by atoms with E-state index in [0.29, 0.717) is 11.5 Å². The number of thiocarbonyl (C=S) groups is 1. The zero-order chi connectivity index (χ0) is 13.5. The van der Waals surface area contributed by atoms with Crippen LogP contribution in [-0.2, 0) is 4.79 Å². The molecule has 0 radical (unpaired) electrons. The Morgan fingerprint density at radius 3 is 2.50 bits per heavy atom. The van der Waals surface area contributed by atoms with Crippen LogP contribution in [0.4, 0.5) is 5.69 Å². The molecule has 6 heteroatoms. The van der Waals surface area contributed by atoms with Crippen molar-refractivity contribution in [2.75, 3.05) is 32.6 Å². The van der Waals surface area contributed by atoms with Crippen molar-refractivity contribution in [3.05, 3.63) is 24.3 Å². The van der Waals surface area contributed by atoms with Gasteiger partial charge in [0.25, 0.3) is 0 Å². The van der Waals surface area contributed by atoms with E-state index in [1.165, 1.54) is 0 Å². The lowest BCUT2D eigenvalue weighted by molar-refractivity contribution is -0.116. The van der Waals surface area contributed by atoms with Gasteiger partial charge in [0.05, 0.1) is 18.6 Å². The molecule has 0 atom stereocenters. The second kappa shape index (κ2) is 6.93. The minimum Gasteiger partial charge on any atom is -0.497 e. The molecule has 0 aliphatic carbocycles. The van der Waals surface area contributed by atoms with E-state index in [2.05, 4.69) is 5.32 Å². The number of methoxy groups -OCH3 is 1. The molecule has 1 aromatic rings. The van der Waals surface area contributed by atoms with Crippen LogP contribution >= 0.6 is 12.2 Å². The number of nitrogens with zero attached hydrogens (tertiary/aromatic N) is 1. The van der Waals surface area contributed by atoms with Gasteiger partial charge in [-0.2, -0.15) is 0 Å². The highest BCUT2D eigenvalue weighted by Gasteiger charge is 2.07. The number of likely N-dealkylation sites (N-methyl/N-ethyl adjacent to an activating group) is 1. The van der Waals surface area contributed by atoms with Crippen LogP contribution in [0.5, 0.6) is 5.75 Å². The molecule has 18 heavy (non-hydrogen) atoms. The van der Waals surface area contributed by atoms with E-state index in [9.17, 15) is 4.79 Å². The fourth-order valence-corrected chi connectivity index (χ4v) is 1.66.